The average molecular weight is 1270 g/mol. The molecular formula is C79H51F12N3. The molecule has 2 unspecified atom stereocenters. The molecule has 0 saturated carbocycles. The number of para-hydroxylation sites is 4. The number of hydrogen-bond donors (Lipinski definition) is 0. The monoisotopic (exact) mass is 1270 g/mol. The van der Waals surface area contributed by atoms with Crippen molar-refractivity contribution in [3.8, 4) is 33.4 Å². The van der Waals surface area contributed by atoms with Gasteiger partial charge >= 0.3 is 24.7 Å². The van der Waals surface area contributed by atoms with Crippen LogP contribution < -0.4 is 14.7 Å². The Balaban J connectivity index is 0.888. The van der Waals surface area contributed by atoms with Gasteiger partial charge in [0.25, 0.3) is 0 Å². The molecule has 0 amide bonds. The zero-order valence-electron chi connectivity index (χ0n) is 49.6. The molecule has 12 aromatic rings. The highest BCUT2D eigenvalue weighted by molar-refractivity contribution is 6.21. The van der Waals surface area contributed by atoms with E-state index >= 15 is 0 Å². The fraction of sp³-hybridized carbons (Fsp3) is 0.0886. The normalized spacial score (nSPS) is 15.6. The minimum atomic E-state index is -4.93. The summed E-state index contributed by atoms with van der Waals surface area (Å²) in [5, 5.41) is 4.33. The first-order chi connectivity index (χ1) is 45.1. The fourth-order valence-electron chi connectivity index (χ4n) is 13.6. The van der Waals surface area contributed by atoms with Crippen LogP contribution in [-0.2, 0) is 24.7 Å². The first-order valence-electron chi connectivity index (χ1n) is 30.0. The molecule has 2 aliphatic rings. The van der Waals surface area contributed by atoms with Crippen LogP contribution in [0.1, 0.15) is 46.2 Å². The summed E-state index contributed by atoms with van der Waals surface area (Å²) in [5.74, 6) is -0.443. The number of anilines is 8. The van der Waals surface area contributed by atoms with Crippen LogP contribution in [0.5, 0.6) is 0 Å². The predicted molar refractivity (Wildman–Crippen MR) is 350 cm³/mol. The van der Waals surface area contributed by atoms with E-state index in [9.17, 15) is 52.7 Å². The number of alkyl halides is 12. The number of benzene rings is 12. The molecule has 466 valence electrons. The summed E-state index contributed by atoms with van der Waals surface area (Å²) >= 11 is 0. The Kier molecular flexibility index (Phi) is 14.9. The lowest BCUT2D eigenvalue weighted by molar-refractivity contribution is -0.138. The van der Waals surface area contributed by atoms with Crippen LogP contribution in [0, 0.1) is 0 Å². The maximum Gasteiger partial charge on any atom is 0.418 e. The molecule has 0 aromatic heterocycles. The Morgan fingerprint density at radius 1 is 0.340 bits per heavy atom. The van der Waals surface area contributed by atoms with E-state index in [1.807, 2.05) is 66.7 Å². The van der Waals surface area contributed by atoms with E-state index in [0.717, 1.165) is 119 Å². The Labute approximate surface area is 532 Å². The van der Waals surface area contributed by atoms with Crippen LogP contribution in [-0.4, -0.2) is 5.54 Å². The van der Waals surface area contributed by atoms with Gasteiger partial charge in [0.15, 0.2) is 0 Å². The van der Waals surface area contributed by atoms with E-state index in [0.29, 0.717) is 22.3 Å². The van der Waals surface area contributed by atoms with Gasteiger partial charge in [0.2, 0.25) is 0 Å². The quantitative estimate of drug-likeness (QED) is 0.0944. The van der Waals surface area contributed by atoms with Crippen molar-refractivity contribution in [2.45, 2.75) is 43.1 Å². The third-order valence-electron chi connectivity index (χ3n) is 17.8. The second-order valence-corrected chi connectivity index (χ2v) is 23.3. The van der Waals surface area contributed by atoms with E-state index in [4.69, 9.17) is 0 Å². The molecule has 0 saturated heterocycles. The lowest BCUT2D eigenvalue weighted by atomic mass is 9.77. The maximum absolute atomic E-state index is 14.8. The predicted octanol–water partition coefficient (Wildman–Crippen LogP) is 24.7. The number of nitrogens with zero attached hydrogens (tertiary/aromatic N) is 3. The molecule has 0 bridgehead atoms. The summed E-state index contributed by atoms with van der Waals surface area (Å²) < 4.78 is 177. The summed E-state index contributed by atoms with van der Waals surface area (Å²) in [7, 11) is 0. The van der Waals surface area contributed by atoms with Gasteiger partial charge in [-0.25, -0.2) is 0 Å². The molecule has 14 rings (SSSR count). The number of fused-ring (bicyclic) bond motifs is 5. The van der Waals surface area contributed by atoms with Gasteiger partial charge in [-0.15, -0.1) is 0 Å². The largest absolute Gasteiger partial charge is 0.418 e. The first kappa shape index (κ1) is 60.7. The van der Waals surface area contributed by atoms with E-state index < -0.39 is 81.2 Å². The van der Waals surface area contributed by atoms with E-state index in [1.165, 1.54) is 72.8 Å². The number of allylic oxidation sites excluding steroid dienone is 2. The van der Waals surface area contributed by atoms with Gasteiger partial charge in [-0.05, 0) is 176 Å². The van der Waals surface area contributed by atoms with E-state index in [1.54, 1.807) is 24.3 Å². The Morgan fingerprint density at radius 2 is 0.681 bits per heavy atom. The average Bonchev–Trinajstić information content (AvgIpc) is 1.50. The Morgan fingerprint density at radius 3 is 1.09 bits per heavy atom. The van der Waals surface area contributed by atoms with Gasteiger partial charge < -0.3 is 14.7 Å². The smallest absolute Gasteiger partial charge is 0.331 e. The van der Waals surface area contributed by atoms with Gasteiger partial charge in [0.1, 0.15) is 0 Å². The second kappa shape index (κ2) is 23.1. The molecule has 15 heteroatoms. The standard InChI is InChI=1S/C79H51F12N3/c1-75-46-45-54(50-33-40-56(41-34-50)93(71-29-15-11-25-65(71)78(86,87)88)72-30-16-12-26-66(72)79(89,90)91)48-67(75)62-47-53(49-31-38-55(39-32-49)92(69-27-13-9-23-63(69)76(80,81)82)70-28-14-10-24-64(70)77(83,84)85)37-44-68(62)94(75)57-42-35-52(36-43-57)74-60-21-7-5-19-58(60)73(51-17-3-2-4-18-51)59-20-6-8-22-61(59)74/h2-48,67H,1H3. The van der Waals surface area contributed by atoms with Crippen molar-refractivity contribution in [2.75, 3.05) is 14.7 Å². The van der Waals surface area contributed by atoms with Crippen molar-refractivity contribution in [3.05, 3.63) is 319 Å². The summed E-state index contributed by atoms with van der Waals surface area (Å²) in [6.45, 7) is 2.09. The summed E-state index contributed by atoms with van der Waals surface area (Å²) in [4.78, 5) is 4.17. The zero-order valence-corrected chi connectivity index (χ0v) is 49.6. The minimum absolute atomic E-state index is 0.0295. The fourth-order valence-corrected chi connectivity index (χ4v) is 13.6. The molecule has 2 atom stereocenters. The minimum Gasteiger partial charge on any atom is -0.331 e. The van der Waals surface area contributed by atoms with Crippen molar-refractivity contribution in [2.24, 2.45) is 0 Å². The van der Waals surface area contributed by atoms with Crippen molar-refractivity contribution in [1.82, 2.24) is 0 Å². The molecule has 1 aliphatic heterocycles. The van der Waals surface area contributed by atoms with Gasteiger partial charge in [-0.1, -0.05) is 188 Å². The SMILES string of the molecule is CC12C=CC(c3ccc(N(c4ccccc4C(F)(F)F)c4ccccc4C(F)(F)F)cc3)=CC1c1cc(-c3ccc(N(c4ccccc4C(F)(F)F)c4ccccc4C(F)(F)F)cc3)ccc1N2c1ccc(-c2c3ccccc3c(-c3ccccc3)c3ccccc23)cc1. The van der Waals surface area contributed by atoms with E-state index in [-0.39, 0.29) is 11.4 Å². The van der Waals surface area contributed by atoms with Crippen molar-refractivity contribution >= 4 is 72.6 Å². The highest BCUT2D eigenvalue weighted by Gasteiger charge is 2.48. The third-order valence-corrected chi connectivity index (χ3v) is 17.8. The second-order valence-electron chi connectivity index (χ2n) is 23.3. The van der Waals surface area contributed by atoms with E-state index in [2.05, 4.69) is 84.6 Å². The van der Waals surface area contributed by atoms with Crippen molar-refractivity contribution in [3.63, 3.8) is 0 Å². The van der Waals surface area contributed by atoms with Crippen LogP contribution in [0.15, 0.2) is 285 Å². The summed E-state index contributed by atoms with van der Waals surface area (Å²) in [6.07, 6.45) is -13.6. The molecule has 94 heavy (non-hydrogen) atoms. The third kappa shape index (κ3) is 10.8. The lowest BCUT2D eigenvalue weighted by Crippen LogP contribution is -2.42. The zero-order chi connectivity index (χ0) is 65.5. The Bertz CT molecular complexity index is 4760. The molecule has 12 aromatic carbocycles. The van der Waals surface area contributed by atoms with Crippen LogP contribution >= 0.6 is 0 Å². The molecule has 3 nitrogen and oxygen atoms in total. The highest BCUT2D eigenvalue weighted by atomic mass is 19.4. The maximum atomic E-state index is 14.8. The van der Waals surface area contributed by atoms with Crippen molar-refractivity contribution in [1.29, 1.82) is 0 Å². The van der Waals surface area contributed by atoms with Crippen LogP contribution in [0.25, 0.3) is 60.5 Å². The summed E-state index contributed by atoms with van der Waals surface area (Å²) in [6, 6.07) is 71.7. The molecular weight excluding hydrogens is 1220 g/mol. The Hall–Kier alpha value is -10.8. The molecule has 1 heterocycles. The van der Waals surface area contributed by atoms with Crippen LogP contribution in [0.2, 0.25) is 0 Å². The molecule has 0 N–H and O–H groups in total. The first-order valence-corrected chi connectivity index (χ1v) is 30.0. The number of halogens is 12. The highest BCUT2D eigenvalue weighted by Crippen LogP contribution is 2.58. The van der Waals surface area contributed by atoms with Gasteiger partial charge in [0.05, 0.1) is 50.5 Å². The molecule has 0 spiro atoms. The topological polar surface area (TPSA) is 9.72 Å². The van der Waals surface area contributed by atoms with Gasteiger partial charge in [-0.2, -0.15) is 52.7 Å². The molecule has 0 fully saturated rings. The number of rotatable bonds is 11. The van der Waals surface area contributed by atoms with Crippen LogP contribution in [0.3, 0.4) is 0 Å². The summed E-state index contributed by atoms with van der Waals surface area (Å²) in [5.41, 5.74) is 1.98. The van der Waals surface area contributed by atoms with Crippen molar-refractivity contribution < 1.29 is 52.7 Å². The number of hydrogen-bond acceptors (Lipinski definition) is 3. The molecule has 1 aliphatic carbocycles. The van der Waals surface area contributed by atoms with Gasteiger partial charge in [0, 0.05) is 28.7 Å². The van der Waals surface area contributed by atoms with Gasteiger partial charge in [-0.3, -0.25) is 0 Å². The lowest BCUT2D eigenvalue weighted by Gasteiger charge is -2.40. The van der Waals surface area contributed by atoms with Crippen LogP contribution in [0.4, 0.5) is 98.2 Å². The molecule has 0 radical (unpaired) electrons.